The fourth-order valence-corrected chi connectivity index (χ4v) is 2.70. The molecule has 0 saturated carbocycles. The van der Waals surface area contributed by atoms with Gasteiger partial charge in [0.2, 0.25) is 5.28 Å². The molecule has 0 atom stereocenters. The van der Waals surface area contributed by atoms with Gasteiger partial charge in [-0.05, 0) is 49.7 Å². The molecule has 0 unspecified atom stereocenters. The molecule has 4 rings (SSSR count). The molecule has 3 aromatic rings. The largest absolute Gasteiger partial charge is 0.476 e. The molecule has 0 fully saturated rings. The minimum atomic E-state index is -0.889. The van der Waals surface area contributed by atoms with Gasteiger partial charge in [0.25, 0.3) is 5.91 Å². The standard InChI is InChI=1S/C16H14ClN5O2/c1-16(2)14(23)20-10-7-8(3-4-11(10)24-16)19-13-9-5-6-18-12(9)21-15(17)22-13/h3-7H,1-2H3,(H,20,23)(H2,18,19,21,22). The number of aromatic nitrogens is 3. The molecule has 7 nitrogen and oxygen atoms in total. The van der Waals surface area contributed by atoms with Crippen LogP contribution in [0.25, 0.3) is 11.0 Å². The summed E-state index contributed by atoms with van der Waals surface area (Å²) in [5.74, 6) is 1.01. The van der Waals surface area contributed by atoms with Gasteiger partial charge in [0, 0.05) is 11.9 Å². The summed E-state index contributed by atoms with van der Waals surface area (Å²) in [6.07, 6.45) is 1.77. The number of rotatable bonds is 2. The lowest BCUT2D eigenvalue weighted by molar-refractivity contribution is -0.129. The first-order chi connectivity index (χ1) is 11.4. The second-order valence-corrected chi connectivity index (χ2v) is 6.32. The highest BCUT2D eigenvalue weighted by molar-refractivity contribution is 6.28. The Morgan fingerprint density at radius 1 is 1.25 bits per heavy atom. The van der Waals surface area contributed by atoms with Crippen molar-refractivity contribution in [3.05, 3.63) is 35.7 Å². The maximum Gasteiger partial charge on any atom is 0.268 e. The first kappa shape index (κ1) is 14.8. The fraction of sp³-hybridized carbons (Fsp3) is 0.188. The Balaban J connectivity index is 1.70. The molecule has 0 radical (unpaired) electrons. The van der Waals surface area contributed by atoms with E-state index in [0.29, 0.717) is 22.9 Å². The number of nitrogens with one attached hydrogen (secondary N) is 3. The van der Waals surface area contributed by atoms with Gasteiger partial charge in [0.15, 0.2) is 5.60 Å². The van der Waals surface area contributed by atoms with Gasteiger partial charge >= 0.3 is 0 Å². The normalized spacial score (nSPS) is 15.5. The number of carbonyl (C=O) groups excluding carboxylic acids is 1. The highest BCUT2D eigenvalue weighted by atomic mass is 35.5. The van der Waals surface area contributed by atoms with Crippen LogP contribution in [0, 0.1) is 0 Å². The zero-order chi connectivity index (χ0) is 16.9. The zero-order valence-electron chi connectivity index (χ0n) is 13.0. The molecule has 0 saturated heterocycles. The SMILES string of the molecule is CC1(C)Oc2ccc(Nc3nc(Cl)nc4[nH]ccc34)cc2NC1=O. The molecule has 0 bridgehead atoms. The van der Waals surface area contributed by atoms with E-state index in [1.54, 1.807) is 32.2 Å². The van der Waals surface area contributed by atoms with Crippen molar-refractivity contribution in [3.8, 4) is 5.75 Å². The van der Waals surface area contributed by atoms with Crippen molar-refractivity contribution in [3.63, 3.8) is 0 Å². The quantitative estimate of drug-likeness (QED) is 0.620. The first-order valence-corrected chi connectivity index (χ1v) is 7.72. The number of carbonyl (C=O) groups is 1. The number of ether oxygens (including phenoxy) is 1. The monoisotopic (exact) mass is 343 g/mol. The van der Waals surface area contributed by atoms with E-state index >= 15 is 0 Å². The highest BCUT2D eigenvalue weighted by Gasteiger charge is 2.35. The van der Waals surface area contributed by atoms with Crippen LogP contribution in [0.4, 0.5) is 17.2 Å². The Morgan fingerprint density at radius 2 is 2.08 bits per heavy atom. The van der Waals surface area contributed by atoms with E-state index in [1.807, 2.05) is 12.1 Å². The number of hydrogen-bond donors (Lipinski definition) is 3. The molecule has 1 amide bonds. The maximum absolute atomic E-state index is 12.0. The molecule has 122 valence electrons. The summed E-state index contributed by atoms with van der Waals surface area (Å²) in [5, 5.41) is 7.01. The Labute approximate surface area is 142 Å². The van der Waals surface area contributed by atoms with E-state index in [-0.39, 0.29) is 11.2 Å². The molecule has 0 aliphatic carbocycles. The Bertz CT molecular complexity index is 966. The third-order valence-corrected chi connectivity index (χ3v) is 3.96. The van der Waals surface area contributed by atoms with Crippen LogP contribution in [0.2, 0.25) is 5.28 Å². The van der Waals surface area contributed by atoms with Crippen molar-refractivity contribution in [1.82, 2.24) is 15.0 Å². The molecule has 0 spiro atoms. The first-order valence-electron chi connectivity index (χ1n) is 7.34. The minimum Gasteiger partial charge on any atom is -0.476 e. The van der Waals surface area contributed by atoms with Crippen LogP contribution in [0.5, 0.6) is 5.75 Å². The number of benzene rings is 1. The number of hydrogen-bond acceptors (Lipinski definition) is 5. The zero-order valence-corrected chi connectivity index (χ0v) is 13.7. The molecule has 1 aromatic carbocycles. The van der Waals surface area contributed by atoms with Gasteiger partial charge in [-0.2, -0.15) is 9.97 Å². The second-order valence-electron chi connectivity index (χ2n) is 5.98. The van der Waals surface area contributed by atoms with Gasteiger partial charge in [-0.15, -0.1) is 0 Å². The van der Waals surface area contributed by atoms with Crippen molar-refractivity contribution in [2.24, 2.45) is 0 Å². The van der Waals surface area contributed by atoms with Crippen LogP contribution in [-0.2, 0) is 4.79 Å². The summed E-state index contributed by atoms with van der Waals surface area (Å²) in [5.41, 5.74) is 1.11. The third kappa shape index (κ3) is 2.43. The molecule has 3 heterocycles. The Morgan fingerprint density at radius 3 is 2.92 bits per heavy atom. The number of H-pyrrole nitrogens is 1. The number of nitrogens with zero attached hydrogens (tertiary/aromatic N) is 2. The predicted octanol–water partition coefficient (Wildman–Crippen LogP) is 3.46. The highest BCUT2D eigenvalue weighted by Crippen LogP contribution is 2.36. The fourth-order valence-electron chi connectivity index (χ4n) is 2.53. The summed E-state index contributed by atoms with van der Waals surface area (Å²) in [6, 6.07) is 7.30. The van der Waals surface area contributed by atoms with Gasteiger partial charge in [-0.25, -0.2) is 0 Å². The lowest BCUT2D eigenvalue weighted by atomic mass is 10.1. The topological polar surface area (TPSA) is 91.9 Å². The van der Waals surface area contributed by atoms with Crippen molar-refractivity contribution in [2.75, 3.05) is 10.6 Å². The molecule has 8 heteroatoms. The van der Waals surface area contributed by atoms with Gasteiger partial charge < -0.3 is 20.4 Å². The average molecular weight is 344 g/mol. The second kappa shape index (κ2) is 5.10. The van der Waals surface area contributed by atoms with Crippen molar-refractivity contribution in [2.45, 2.75) is 19.4 Å². The van der Waals surface area contributed by atoms with E-state index in [9.17, 15) is 4.79 Å². The Kier molecular flexibility index (Phi) is 3.14. The van der Waals surface area contributed by atoms with Crippen molar-refractivity contribution < 1.29 is 9.53 Å². The third-order valence-electron chi connectivity index (χ3n) is 3.79. The van der Waals surface area contributed by atoms with Crippen LogP contribution < -0.4 is 15.4 Å². The van der Waals surface area contributed by atoms with E-state index in [4.69, 9.17) is 16.3 Å². The molecule has 1 aliphatic rings. The van der Waals surface area contributed by atoms with Crippen LogP contribution in [0.1, 0.15) is 13.8 Å². The van der Waals surface area contributed by atoms with E-state index in [0.717, 1.165) is 11.1 Å². The van der Waals surface area contributed by atoms with Gasteiger partial charge in [0.1, 0.15) is 17.2 Å². The molecule has 1 aliphatic heterocycles. The van der Waals surface area contributed by atoms with Crippen molar-refractivity contribution in [1.29, 1.82) is 0 Å². The minimum absolute atomic E-state index is 0.142. The summed E-state index contributed by atoms with van der Waals surface area (Å²) in [4.78, 5) is 23.4. The van der Waals surface area contributed by atoms with Gasteiger partial charge in [-0.3, -0.25) is 4.79 Å². The van der Waals surface area contributed by atoms with Crippen LogP contribution in [-0.4, -0.2) is 26.5 Å². The van der Waals surface area contributed by atoms with E-state index in [2.05, 4.69) is 25.6 Å². The van der Waals surface area contributed by atoms with Crippen LogP contribution >= 0.6 is 11.6 Å². The molecular weight excluding hydrogens is 330 g/mol. The lowest BCUT2D eigenvalue weighted by Crippen LogP contribution is -2.45. The van der Waals surface area contributed by atoms with Crippen molar-refractivity contribution >= 4 is 45.7 Å². The Hall–Kier alpha value is -2.80. The summed E-state index contributed by atoms with van der Waals surface area (Å²) in [7, 11) is 0. The number of halogens is 1. The molecular formula is C16H14ClN5O2. The van der Waals surface area contributed by atoms with Crippen LogP contribution in [0.3, 0.4) is 0 Å². The lowest BCUT2D eigenvalue weighted by Gasteiger charge is -2.31. The molecule has 2 aromatic heterocycles. The predicted molar refractivity (Wildman–Crippen MR) is 92.0 cm³/mol. The van der Waals surface area contributed by atoms with Gasteiger partial charge in [0.05, 0.1) is 11.1 Å². The number of amides is 1. The van der Waals surface area contributed by atoms with E-state index in [1.165, 1.54) is 0 Å². The van der Waals surface area contributed by atoms with E-state index < -0.39 is 5.60 Å². The number of aromatic amines is 1. The van der Waals surface area contributed by atoms with Crippen LogP contribution in [0.15, 0.2) is 30.5 Å². The molecule has 3 N–H and O–H groups in total. The smallest absolute Gasteiger partial charge is 0.268 e. The summed E-state index contributed by atoms with van der Waals surface area (Å²) < 4.78 is 5.72. The number of fused-ring (bicyclic) bond motifs is 2. The molecule has 24 heavy (non-hydrogen) atoms. The van der Waals surface area contributed by atoms with Gasteiger partial charge in [-0.1, -0.05) is 0 Å². The summed E-state index contributed by atoms with van der Waals surface area (Å²) >= 11 is 5.95. The average Bonchev–Trinajstić information content (AvgIpc) is 2.97. The summed E-state index contributed by atoms with van der Waals surface area (Å²) in [6.45, 7) is 3.45. The maximum atomic E-state index is 12.0. The number of anilines is 3.